The minimum Gasteiger partial charge on any atom is -0.484 e. The first-order valence-electron chi connectivity index (χ1n) is 10.6. The molecule has 5 heteroatoms. The van der Waals surface area contributed by atoms with Crippen LogP contribution in [0, 0.1) is 6.92 Å². The van der Waals surface area contributed by atoms with E-state index in [-0.39, 0.29) is 12.5 Å². The Kier molecular flexibility index (Phi) is 7.56. The number of aryl methyl sites for hydroxylation is 1. The van der Waals surface area contributed by atoms with E-state index in [0.29, 0.717) is 5.75 Å². The SMILES string of the molecule is Cc1ccc(Sc2ccc(/C=N/NC(=O)COc3ccc(-c4ccccc4)cc3)cc2)cc1. The van der Waals surface area contributed by atoms with Crippen LogP contribution < -0.4 is 10.2 Å². The Morgan fingerprint density at radius 2 is 1.42 bits per heavy atom. The van der Waals surface area contributed by atoms with Gasteiger partial charge in [-0.05, 0) is 60.0 Å². The van der Waals surface area contributed by atoms with Gasteiger partial charge in [-0.2, -0.15) is 5.10 Å². The third kappa shape index (κ3) is 6.82. The standard InChI is InChI=1S/C28H24N2O2S/c1-21-7-15-26(16-8-21)33-27-17-9-22(10-18-27)19-29-30-28(31)20-32-25-13-11-24(12-14-25)23-5-3-2-4-6-23/h2-19H,20H2,1H3,(H,30,31)/b29-19+. The smallest absolute Gasteiger partial charge is 0.277 e. The molecule has 0 radical (unpaired) electrons. The second-order valence-corrected chi connectivity index (χ2v) is 8.60. The highest BCUT2D eigenvalue weighted by atomic mass is 32.2. The van der Waals surface area contributed by atoms with Crippen LogP contribution in [0.3, 0.4) is 0 Å². The van der Waals surface area contributed by atoms with Crippen molar-refractivity contribution in [3.8, 4) is 16.9 Å². The lowest BCUT2D eigenvalue weighted by atomic mass is 10.1. The van der Waals surface area contributed by atoms with E-state index in [4.69, 9.17) is 4.74 Å². The van der Waals surface area contributed by atoms with Crippen LogP contribution in [0.1, 0.15) is 11.1 Å². The molecule has 0 aliphatic rings. The van der Waals surface area contributed by atoms with Gasteiger partial charge in [0.2, 0.25) is 0 Å². The zero-order valence-corrected chi connectivity index (χ0v) is 19.1. The van der Waals surface area contributed by atoms with Crippen LogP contribution in [0.15, 0.2) is 118 Å². The molecule has 1 amide bonds. The van der Waals surface area contributed by atoms with Gasteiger partial charge < -0.3 is 4.74 Å². The van der Waals surface area contributed by atoms with Crippen LogP contribution in [0.2, 0.25) is 0 Å². The van der Waals surface area contributed by atoms with Crippen LogP contribution >= 0.6 is 11.8 Å². The molecule has 4 aromatic carbocycles. The zero-order valence-electron chi connectivity index (χ0n) is 18.3. The molecule has 4 rings (SSSR count). The molecule has 1 N–H and O–H groups in total. The van der Waals surface area contributed by atoms with Crippen molar-refractivity contribution in [2.24, 2.45) is 5.10 Å². The minimum absolute atomic E-state index is 0.103. The lowest BCUT2D eigenvalue weighted by molar-refractivity contribution is -0.123. The van der Waals surface area contributed by atoms with Crippen LogP contribution in [0.4, 0.5) is 0 Å². The molecule has 0 aliphatic heterocycles. The summed E-state index contributed by atoms with van der Waals surface area (Å²) in [5.41, 5.74) is 6.89. The van der Waals surface area contributed by atoms with E-state index >= 15 is 0 Å². The summed E-state index contributed by atoms with van der Waals surface area (Å²) in [6, 6.07) is 34.2. The predicted molar refractivity (Wildman–Crippen MR) is 135 cm³/mol. The summed E-state index contributed by atoms with van der Waals surface area (Å²) in [7, 11) is 0. The fourth-order valence-electron chi connectivity index (χ4n) is 3.10. The van der Waals surface area contributed by atoms with E-state index in [1.54, 1.807) is 18.0 Å². The molecule has 0 saturated carbocycles. The molecule has 0 saturated heterocycles. The number of benzene rings is 4. The van der Waals surface area contributed by atoms with Crippen molar-refractivity contribution in [1.29, 1.82) is 0 Å². The normalized spacial score (nSPS) is 10.8. The Labute approximate surface area is 198 Å². The first-order chi connectivity index (χ1) is 16.2. The fourth-order valence-corrected chi connectivity index (χ4v) is 3.92. The number of hydrazone groups is 1. The van der Waals surface area contributed by atoms with Gasteiger partial charge in [0, 0.05) is 9.79 Å². The Balaban J connectivity index is 1.22. The van der Waals surface area contributed by atoms with Gasteiger partial charge in [-0.3, -0.25) is 4.79 Å². The summed E-state index contributed by atoms with van der Waals surface area (Å²) in [5, 5.41) is 4.02. The van der Waals surface area contributed by atoms with Crippen molar-refractivity contribution in [3.05, 3.63) is 114 Å². The van der Waals surface area contributed by atoms with E-state index in [1.165, 1.54) is 10.5 Å². The van der Waals surface area contributed by atoms with Crippen molar-refractivity contribution >= 4 is 23.9 Å². The number of carbonyl (C=O) groups excluding carboxylic acids is 1. The molecule has 0 fully saturated rings. The molecule has 0 aliphatic carbocycles. The predicted octanol–water partition coefficient (Wildman–Crippen LogP) is 6.34. The fraction of sp³-hybridized carbons (Fsp3) is 0.0714. The topological polar surface area (TPSA) is 50.7 Å². The van der Waals surface area contributed by atoms with Crippen LogP contribution in [-0.4, -0.2) is 18.7 Å². The molecule has 0 spiro atoms. The Hall–Kier alpha value is -3.83. The van der Waals surface area contributed by atoms with Crippen molar-refractivity contribution < 1.29 is 9.53 Å². The van der Waals surface area contributed by atoms with E-state index in [2.05, 4.69) is 53.8 Å². The average Bonchev–Trinajstić information content (AvgIpc) is 2.86. The number of rotatable bonds is 8. The van der Waals surface area contributed by atoms with Gasteiger partial charge in [0.25, 0.3) is 5.91 Å². The summed E-state index contributed by atoms with van der Waals surface area (Å²) in [6.07, 6.45) is 1.62. The summed E-state index contributed by atoms with van der Waals surface area (Å²) in [5.74, 6) is 0.320. The largest absolute Gasteiger partial charge is 0.484 e. The van der Waals surface area contributed by atoms with Gasteiger partial charge in [0.1, 0.15) is 5.75 Å². The lowest BCUT2D eigenvalue weighted by Gasteiger charge is -2.06. The van der Waals surface area contributed by atoms with E-state index in [1.807, 2.05) is 66.7 Å². The summed E-state index contributed by atoms with van der Waals surface area (Å²) >= 11 is 1.71. The molecule has 0 unspecified atom stereocenters. The van der Waals surface area contributed by atoms with Gasteiger partial charge >= 0.3 is 0 Å². The van der Waals surface area contributed by atoms with Gasteiger partial charge in [0.05, 0.1) is 6.21 Å². The number of hydrogen-bond donors (Lipinski definition) is 1. The molecule has 33 heavy (non-hydrogen) atoms. The molecule has 4 nitrogen and oxygen atoms in total. The highest BCUT2D eigenvalue weighted by Gasteiger charge is 2.03. The number of ether oxygens (including phenoxy) is 1. The number of nitrogens with zero attached hydrogens (tertiary/aromatic N) is 1. The van der Waals surface area contributed by atoms with E-state index in [0.717, 1.165) is 21.6 Å². The first kappa shape index (κ1) is 22.4. The molecule has 0 atom stereocenters. The van der Waals surface area contributed by atoms with Gasteiger partial charge in [-0.25, -0.2) is 5.43 Å². The van der Waals surface area contributed by atoms with Crippen LogP contribution in [0.5, 0.6) is 5.75 Å². The quantitative estimate of drug-likeness (QED) is 0.251. The molecular formula is C28H24N2O2S. The molecule has 4 aromatic rings. The maximum Gasteiger partial charge on any atom is 0.277 e. The van der Waals surface area contributed by atoms with Gasteiger partial charge in [0.15, 0.2) is 6.61 Å². The Morgan fingerprint density at radius 3 is 2.09 bits per heavy atom. The number of nitrogens with one attached hydrogen (secondary N) is 1. The van der Waals surface area contributed by atoms with Crippen molar-refractivity contribution in [2.75, 3.05) is 6.61 Å². The molecular weight excluding hydrogens is 428 g/mol. The maximum atomic E-state index is 12.0. The summed E-state index contributed by atoms with van der Waals surface area (Å²) in [4.78, 5) is 14.4. The number of carbonyl (C=O) groups is 1. The second-order valence-electron chi connectivity index (χ2n) is 7.46. The molecule has 0 bridgehead atoms. The molecule has 0 heterocycles. The Bertz CT molecular complexity index is 1200. The Morgan fingerprint density at radius 1 is 0.818 bits per heavy atom. The highest BCUT2D eigenvalue weighted by molar-refractivity contribution is 7.99. The van der Waals surface area contributed by atoms with E-state index < -0.39 is 0 Å². The maximum absolute atomic E-state index is 12.0. The van der Waals surface area contributed by atoms with Crippen molar-refractivity contribution in [1.82, 2.24) is 5.43 Å². The minimum atomic E-state index is -0.315. The average molecular weight is 453 g/mol. The second kappa shape index (κ2) is 11.2. The highest BCUT2D eigenvalue weighted by Crippen LogP contribution is 2.27. The number of amides is 1. The number of hydrogen-bond acceptors (Lipinski definition) is 4. The molecule has 0 aromatic heterocycles. The first-order valence-corrected chi connectivity index (χ1v) is 11.4. The van der Waals surface area contributed by atoms with Crippen molar-refractivity contribution in [3.63, 3.8) is 0 Å². The van der Waals surface area contributed by atoms with Crippen LogP contribution in [0.25, 0.3) is 11.1 Å². The van der Waals surface area contributed by atoms with Gasteiger partial charge in [-0.1, -0.05) is 84.1 Å². The summed E-state index contributed by atoms with van der Waals surface area (Å²) < 4.78 is 5.55. The van der Waals surface area contributed by atoms with Crippen molar-refractivity contribution in [2.45, 2.75) is 16.7 Å². The monoisotopic (exact) mass is 452 g/mol. The van der Waals surface area contributed by atoms with Crippen LogP contribution in [-0.2, 0) is 4.79 Å². The zero-order chi connectivity index (χ0) is 22.9. The third-order valence-electron chi connectivity index (χ3n) is 4.87. The van der Waals surface area contributed by atoms with Gasteiger partial charge in [-0.15, -0.1) is 0 Å². The third-order valence-corrected chi connectivity index (χ3v) is 5.89. The lowest BCUT2D eigenvalue weighted by Crippen LogP contribution is -2.24. The summed E-state index contributed by atoms with van der Waals surface area (Å²) in [6.45, 7) is 1.98. The van der Waals surface area contributed by atoms with E-state index in [9.17, 15) is 4.79 Å². The molecule has 164 valence electrons.